The molecule has 4 nitrogen and oxygen atoms in total. The summed E-state index contributed by atoms with van der Waals surface area (Å²) in [6.07, 6.45) is 4.19. The number of para-hydroxylation sites is 1. The molecule has 0 atom stereocenters. The molecular weight excluding hydrogens is 240 g/mol. The topological polar surface area (TPSA) is 41.6 Å². The molecule has 3 rings (SSSR count). The maximum Gasteiger partial charge on any atom is 0.322 e. The molecule has 2 fully saturated rings. The molecule has 1 saturated carbocycles. The van der Waals surface area contributed by atoms with Crippen LogP contribution in [0.1, 0.15) is 25.7 Å². The number of hydrogen-bond acceptors (Lipinski definition) is 2. The average molecular weight is 260 g/mol. The van der Waals surface area contributed by atoms with E-state index >= 15 is 0 Å². The van der Waals surface area contributed by atoms with Gasteiger partial charge in [0.1, 0.15) is 0 Å². The van der Waals surface area contributed by atoms with Gasteiger partial charge in [-0.3, -0.25) is 0 Å². The molecule has 1 aliphatic heterocycles. The molecule has 2 aliphatic rings. The summed E-state index contributed by atoms with van der Waals surface area (Å²) in [6, 6.07) is 10.5. The highest BCUT2D eigenvalue weighted by atomic mass is 16.5. The first kappa shape index (κ1) is 12.5. The zero-order valence-corrected chi connectivity index (χ0v) is 11.0. The van der Waals surface area contributed by atoms with Gasteiger partial charge in [0.2, 0.25) is 0 Å². The van der Waals surface area contributed by atoms with Gasteiger partial charge in [0.15, 0.2) is 0 Å². The number of nitrogens with one attached hydrogen (secondary N) is 1. The molecule has 102 valence electrons. The SMILES string of the molecule is O=C(Nc1ccccc1)N(C1CCOCC1)C1CC1. The number of amides is 2. The Morgan fingerprint density at radius 2 is 1.68 bits per heavy atom. The van der Waals surface area contributed by atoms with E-state index in [9.17, 15) is 4.79 Å². The van der Waals surface area contributed by atoms with Crippen molar-refractivity contribution in [1.29, 1.82) is 0 Å². The Balaban J connectivity index is 1.67. The van der Waals surface area contributed by atoms with E-state index in [1.807, 2.05) is 30.3 Å². The zero-order chi connectivity index (χ0) is 13.1. The number of carbonyl (C=O) groups excluding carboxylic acids is 1. The molecule has 0 spiro atoms. The normalized spacial score (nSPS) is 20.0. The predicted octanol–water partition coefficient (Wildman–Crippen LogP) is 2.86. The second-order valence-electron chi connectivity index (χ2n) is 5.28. The predicted molar refractivity (Wildman–Crippen MR) is 74.2 cm³/mol. The molecule has 1 heterocycles. The van der Waals surface area contributed by atoms with E-state index in [1.165, 1.54) is 0 Å². The third-order valence-corrected chi connectivity index (χ3v) is 3.78. The second-order valence-corrected chi connectivity index (χ2v) is 5.28. The molecule has 2 amide bonds. The van der Waals surface area contributed by atoms with E-state index in [2.05, 4.69) is 10.2 Å². The molecular formula is C15H20N2O2. The first-order valence-electron chi connectivity index (χ1n) is 7.07. The molecule has 1 saturated heterocycles. The van der Waals surface area contributed by atoms with Crippen molar-refractivity contribution in [3.63, 3.8) is 0 Å². The van der Waals surface area contributed by atoms with Crippen molar-refractivity contribution in [2.24, 2.45) is 0 Å². The number of anilines is 1. The molecule has 1 aromatic rings. The molecule has 4 heteroatoms. The van der Waals surface area contributed by atoms with Crippen LogP contribution in [0.2, 0.25) is 0 Å². The van der Waals surface area contributed by atoms with E-state index in [-0.39, 0.29) is 6.03 Å². The third kappa shape index (κ3) is 3.07. The number of ether oxygens (including phenoxy) is 1. The summed E-state index contributed by atoms with van der Waals surface area (Å²) in [5, 5.41) is 3.01. The van der Waals surface area contributed by atoms with Gasteiger partial charge in [-0.25, -0.2) is 4.79 Å². The van der Waals surface area contributed by atoms with Crippen LogP contribution in [0.3, 0.4) is 0 Å². The zero-order valence-electron chi connectivity index (χ0n) is 11.0. The average Bonchev–Trinajstić information content (AvgIpc) is 3.26. The Bertz CT molecular complexity index is 425. The minimum Gasteiger partial charge on any atom is -0.381 e. The Morgan fingerprint density at radius 1 is 1.05 bits per heavy atom. The van der Waals surface area contributed by atoms with Crippen molar-refractivity contribution in [3.05, 3.63) is 30.3 Å². The number of hydrogen-bond donors (Lipinski definition) is 1. The number of urea groups is 1. The van der Waals surface area contributed by atoms with Gasteiger partial charge in [-0.15, -0.1) is 0 Å². The standard InChI is InChI=1S/C15H20N2O2/c18-15(16-12-4-2-1-3-5-12)17(13-6-7-13)14-8-10-19-11-9-14/h1-5,13-14H,6-11H2,(H,16,18). The summed E-state index contributed by atoms with van der Waals surface area (Å²) in [7, 11) is 0. The fourth-order valence-corrected chi connectivity index (χ4v) is 2.66. The molecule has 1 N–H and O–H groups in total. The molecule has 0 unspecified atom stereocenters. The van der Waals surface area contributed by atoms with E-state index in [1.54, 1.807) is 0 Å². The molecule has 0 radical (unpaired) electrons. The lowest BCUT2D eigenvalue weighted by Crippen LogP contribution is -2.46. The Labute approximate surface area is 113 Å². The largest absolute Gasteiger partial charge is 0.381 e. The van der Waals surface area contributed by atoms with Crippen LogP contribution in [-0.2, 0) is 4.74 Å². The third-order valence-electron chi connectivity index (χ3n) is 3.78. The number of carbonyl (C=O) groups is 1. The van der Waals surface area contributed by atoms with E-state index < -0.39 is 0 Å². The van der Waals surface area contributed by atoms with Crippen molar-refractivity contribution in [1.82, 2.24) is 4.90 Å². The van der Waals surface area contributed by atoms with Crippen LogP contribution in [0, 0.1) is 0 Å². The number of rotatable bonds is 3. The highest BCUT2D eigenvalue weighted by molar-refractivity contribution is 5.89. The Kier molecular flexibility index (Phi) is 3.69. The van der Waals surface area contributed by atoms with Crippen molar-refractivity contribution < 1.29 is 9.53 Å². The van der Waals surface area contributed by atoms with Crippen molar-refractivity contribution >= 4 is 11.7 Å². The van der Waals surface area contributed by atoms with E-state index in [0.29, 0.717) is 12.1 Å². The molecule has 0 aromatic heterocycles. The van der Waals surface area contributed by atoms with E-state index in [4.69, 9.17) is 4.74 Å². The monoisotopic (exact) mass is 260 g/mol. The van der Waals surface area contributed by atoms with E-state index in [0.717, 1.165) is 44.6 Å². The van der Waals surface area contributed by atoms with Crippen LogP contribution in [0.15, 0.2) is 30.3 Å². The van der Waals surface area contributed by atoms with Crippen LogP contribution in [-0.4, -0.2) is 36.2 Å². The summed E-state index contributed by atoms with van der Waals surface area (Å²) >= 11 is 0. The van der Waals surface area contributed by atoms with Crippen LogP contribution in [0.4, 0.5) is 10.5 Å². The molecule has 1 aliphatic carbocycles. The smallest absolute Gasteiger partial charge is 0.322 e. The summed E-state index contributed by atoms with van der Waals surface area (Å²) in [4.78, 5) is 14.5. The number of benzene rings is 1. The van der Waals surface area contributed by atoms with Gasteiger partial charge in [-0.05, 0) is 37.8 Å². The quantitative estimate of drug-likeness (QED) is 0.908. The van der Waals surface area contributed by atoms with Gasteiger partial charge in [-0.2, -0.15) is 0 Å². The van der Waals surface area contributed by atoms with Gasteiger partial charge < -0.3 is 15.0 Å². The first-order chi connectivity index (χ1) is 9.34. The lowest BCUT2D eigenvalue weighted by molar-refractivity contribution is 0.0459. The van der Waals surface area contributed by atoms with Crippen LogP contribution in [0.25, 0.3) is 0 Å². The van der Waals surface area contributed by atoms with Crippen molar-refractivity contribution in [3.8, 4) is 0 Å². The minimum absolute atomic E-state index is 0.0422. The van der Waals surface area contributed by atoms with Gasteiger partial charge >= 0.3 is 6.03 Å². The summed E-state index contributed by atoms with van der Waals surface area (Å²) < 4.78 is 5.39. The van der Waals surface area contributed by atoms with Crippen LogP contribution in [0.5, 0.6) is 0 Å². The fraction of sp³-hybridized carbons (Fsp3) is 0.533. The van der Waals surface area contributed by atoms with Gasteiger partial charge in [0.25, 0.3) is 0 Å². The number of nitrogens with zero attached hydrogens (tertiary/aromatic N) is 1. The maximum atomic E-state index is 12.5. The summed E-state index contributed by atoms with van der Waals surface area (Å²) in [6.45, 7) is 1.54. The summed E-state index contributed by atoms with van der Waals surface area (Å²) in [5.74, 6) is 0. The Morgan fingerprint density at radius 3 is 2.32 bits per heavy atom. The Hall–Kier alpha value is -1.55. The first-order valence-corrected chi connectivity index (χ1v) is 7.07. The van der Waals surface area contributed by atoms with Crippen molar-refractivity contribution in [2.45, 2.75) is 37.8 Å². The van der Waals surface area contributed by atoms with Crippen molar-refractivity contribution in [2.75, 3.05) is 18.5 Å². The molecule has 1 aromatic carbocycles. The minimum atomic E-state index is 0.0422. The molecule has 0 bridgehead atoms. The lowest BCUT2D eigenvalue weighted by atomic mass is 10.1. The summed E-state index contributed by atoms with van der Waals surface area (Å²) in [5.41, 5.74) is 0.866. The maximum absolute atomic E-state index is 12.5. The molecule has 19 heavy (non-hydrogen) atoms. The van der Waals surface area contributed by atoms with Gasteiger partial charge in [0.05, 0.1) is 0 Å². The highest BCUT2D eigenvalue weighted by Crippen LogP contribution is 2.32. The second kappa shape index (κ2) is 5.61. The van der Waals surface area contributed by atoms with Gasteiger partial charge in [0, 0.05) is 31.0 Å². The van der Waals surface area contributed by atoms with Crippen LogP contribution >= 0.6 is 0 Å². The van der Waals surface area contributed by atoms with Crippen LogP contribution < -0.4 is 5.32 Å². The lowest BCUT2D eigenvalue weighted by Gasteiger charge is -2.34. The fourth-order valence-electron chi connectivity index (χ4n) is 2.66. The highest BCUT2D eigenvalue weighted by Gasteiger charge is 2.37. The van der Waals surface area contributed by atoms with Gasteiger partial charge in [-0.1, -0.05) is 18.2 Å².